The summed E-state index contributed by atoms with van der Waals surface area (Å²) < 4.78 is 0.715. The Hall–Kier alpha value is -2.50. The molecule has 2 aromatic rings. The second-order valence-corrected chi connectivity index (χ2v) is 9.01. The normalized spacial score (nSPS) is 17.7. The third-order valence-electron chi connectivity index (χ3n) is 6.18. The molecule has 0 spiro atoms. The summed E-state index contributed by atoms with van der Waals surface area (Å²) in [6, 6.07) is 7.98. The summed E-state index contributed by atoms with van der Waals surface area (Å²) in [5.41, 5.74) is 4.84. The Morgan fingerprint density at radius 2 is 1.93 bits per heavy atom. The number of anilines is 2. The van der Waals surface area contributed by atoms with Crippen LogP contribution in [-0.4, -0.2) is 33.4 Å². The van der Waals surface area contributed by atoms with E-state index >= 15 is 0 Å². The molecule has 2 aliphatic heterocycles. The van der Waals surface area contributed by atoms with E-state index in [2.05, 4.69) is 54.8 Å². The van der Waals surface area contributed by atoms with Crippen LogP contribution in [0.5, 0.6) is 0 Å². The first-order chi connectivity index (χ1) is 14.3. The molecule has 30 heavy (non-hydrogen) atoms. The first-order valence-electron chi connectivity index (χ1n) is 10.5. The SMILES string of the molecule is C=C(c1cc(Nc2nc(C)cc(C(C)C(C)C)n2)ccc1Cl)[N+]1(C2=NC=CC2)CC1. The highest BCUT2D eigenvalue weighted by atomic mass is 35.5. The van der Waals surface area contributed by atoms with E-state index in [0.717, 1.165) is 53.7 Å². The topological polar surface area (TPSA) is 50.2 Å². The summed E-state index contributed by atoms with van der Waals surface area (Å²) in [6.45, 7) is 15.1. The highest BCUT2D eigenvalue weighted by molar-refractivity contribution is 6.32. The Bertz CT molecular complexity index is 1050. The first-order valence-corrected chi connectivity index (χ1v) is 10.9. The first kappa shape index (κ1) is 20.8. The van der Waals surface area contributed by atoms with Crippen LogP contribution in [0.15, 0.2) is 48.1 Å². The van der Waals surface area contributed by atoms with Crippen molar-refractivity contribution in [2.45, 2.75) is 40.0 Å². The molecule has 1 saturated heterocycles. The summed E-state index contributed by atoms with van der Waals surface area (Å²) in [5, 5.41) is 4.07. The molecule has 0 radical (unpaired) electrons. The molecule has 1 aromatic heterocycles. The zero-order valence-corrected chi connectivity index (χ0v) is 18.9. The standard InChI is InChI=1S/C24H29ClN5/c1-15(2)17(4)22-13-16(3)27-24(29-22)28-19-8-9-21(25)20(14-19)18(5)30(11-12-30)23-7-6-10-26-23/h6,8-10,13-15,17H,5,7,11-12H2,1-4H3,(H,27,28,29)/q+1. The number of hydrogen-bond acceptors (Lipinski definition) is 4. The molecule has 0 aliphatic carbocycles. The Morgan fingerprint density at radius 1 is 1.17 bits per heavy atom. The maximum atomic E-state index is 6.58. The zero-order chi connectivity index (χ0) is 21.5. The van der Waals surface area contributed by atoms with Gasteiger partial charge in [0, 0.05) is 29.2 Å². The van der Waals surface area contributed by atoms with Gasteiger partial charge in [-0.05, 0) is 43.7 Å². The number of aliphatic imine (C=N–C) groups is 1. The lowest BCUT2D eigenvalue weighted by Crippen LogP contribution is -2.30. The van der Waals surface area contributed by atoms with E-state index in [0.29, 0.717) is 27.3 Å². The van der Waals surface area contributed by atoms with Crippen LogP contribution in [0.1, 0.15) is 50.1 Å². The zero-order valence-electron chi connectivity index (χ0n) is 18.1. The van der Waals surface area contributed by atoms with Gasteiger partial charge in [-0.2, -0.15) is 0 Å². The summed E-state index contributed by atoms with van der Waals surface area (Å²) in [5.74, 6) is 2.62. The van der Waals surface area contributed by atoms with Crippen molar-refractivity contribution in [3.05, 3.63) is 65.1 Å². The molecule has 6 heteroatoms. The Labute approximate surface area is 183 Å². The van der Waals surface area contributed by atoms with Gasteiger partial charge in [-0.1, -0.05) is 38.4 Å². The lowest BCUT2D eigenvalue weighted by atomic mass is 9.94. The molecule has 0 bridgehead atoms. The number of quaternary nitrogens is 1. The number of nitrogens with one attached hydrogen (secondary N) is 1. The summed E-state index contributed by atoms with van der Waals surface area (Å²) in [6.07, 6.45) is 4.85. The molecule has 0 amide bonds. The van der Waals surface area contributed by atoms with Crippen molar-refractivity contribution >= 4 is 34.8 Å². The van der Waals surface area contributed by atoms with Gasteiger partial charge in [0.1, 0.15) is 18.8 Å². The van der Waals surface area contributed by atoms with Gasteiger partial charge in [-0.3, -0.25) is 0 Å². The van der Waals surface area contributed by atoms with Crippen molar-refractivity contribution in [3.63, 3.8) is 0 Å². The van der Waals surface area contributed by atoms with Gasteiger partial charge in [0.05, 0.1) is 17.0 Å². The van der Waals surface area contributed by atoms with Crippen LogP contribution in [0.3, 0.4) is 0 Å². The van der Waals surface area contributed by atoms with Gasteiger partial charge in [-0.25, -0.2) is 19.4 Å². The van der Waals surface area contributed by atoms with Crippen LogP contribution in [0.4, 0.5) is 11.6 Å². The van der Waals surface area contributed by atoms with E-state index in [1.54, 1.807) is 0 Å². The van der Waals surface area contributed by atoms with E-state index in [9.17, 15) is 0 Å². The second kappa shape index (κ2) is 7.97. The molecular formula is C24H29ClN5+. The average Bonchev–Trinajstić information content (AvgIpc) is 3.33. The van der Waals surface area contributed by atoms with Gasteiger partial charge in [0.15, 0.2) is 0 Å². The maximum absolute atomic E-state index is 6.58. The number of hydrogen-bond donors (Lipinski definition) is 1. The lowest BCUT2D eigenvalue weighted by Gasteiger charge is -2.21. The van der Waals surface area contributed by atoms with Crippen LogP contribution in [0, 0.1) is 12.8 Å². The van der Waals surface area contributed by atoms with E-state index in [-0.39, 0.29) is 0 Å². The molecule has 1 aromatic carbocycles. The second-order valence-electron chi connectivity index (χ2n) is 8.61. The number of aryl methyl sites for hydroxylation is 1. The maximum Gasteiger partial charge on any atom is 0.227 e. The monoisotopic (exact) mass is 422 g/mol. The number of rotatable bonds is 6. The molecule has 3 heterocycles. The Morgan fingerprint density at radius 3 is 2.57 bits per heavy atom. The molecule has 0 saturated carbocycles. The fourth-order valence-electron chi connectivity index (χ4n) is 3.83. The molecule has 1 atom stereocenters. The molecule has 5 nitrogen and oxygen atoms in total. The van der Waals surface area contributed by atoms with E-state index in [4.69, 9.17) is 16.6 Å². The number of aromatic nitrogens is 2. The van der Waals surface area contributed by atoms with E-state index < -0.39 is 0 Å². The molecule has 4 rings (SSSR count). The average molecular weight is 423 g/mol. The van der Waals surface area contributed by atoms with Crippen LogP contribution >= 0.6 is 11.6 Å². The van der Waals surface area contributed by atoms with E-state index in [1.807, 2.05) is 31.3 Å². The fourth-order valence-corrected chi connectivity index (χ4v) is 4.05. The van der Waals surface area contributed by atoms with Gasteiger partial charge < -0.3 is 5.32 Å². The molecule has 1 N–H and O–H groups in total. The van der Waals surface area contributed by atoms with Crippen molar-refractivity contribution < 1.29 is 4.48 Å². The Balaban J connectivity index is 1.61. The summed E-state index contributed by atoms with van der Waals surface area (Å²) in [4.78, 5) is 13.9. The minimum absolute atomic E-state index is 0.362. The molecule has 1 unspecified atom stereocenters. The molecular weight excluding hydrogens is 394 g/mol. The largest absolute Gasteiger partial charge is 0.324 e. The number of benzene rings is 1. The number of halogens is 1. The van der Waals surface area contributed by atoms with Gasteiger partial charge in [0.2, 0.25) is 11.8 Å². The highest BCUT2D eigenvalue weighted by Crippen LogP contribution is 2.41. The molecule has 2 aliphatic rings. The Kier molecular flexibility index (Phi) is 5.51. The van der Waals surface area contributed by atoms with Gasteiger partial charge in [0.25, 0.3) is 0 Å². The highest BCUT2D eigenvalue weighted by Gasteiger charge is 2.51. The van der Waals surface area contributed by atoms with E-state index in [1.165, 1.54) is 0 Å². The smallest absolute Gasteiger partial charge is 0.227 e. The third-order valence-corrected chi connectivity index (χ3v) is 6.51. The van der Waals surface area contributed by atoms with Crippen LogP contribution in [0.2, 0.25) is 5.02 Å². The molecule has 1 fully saturated rings. The minimum Gasteiger partial charge on any atom is -0.324 e. The van der Waals surface area contributed by atoms with Gasteiger partial charge >= 0.3 is 0 Å². The summed E-state index contributed by atoms with van der Waals surface area (Å²) in [7, 11) is 0. The predicted molar refractivity (Wildman–Crippen MR) is 125 cm³/mol. The summed E-state index contributed by atoms with van der Waals surface area (Å²) >= 11 is 6.58. The quantitative estimate of drug-likeness (QED) is 0.454. The van der Waals surface area contributed by atoms with Crippen LogP contribution in [-0.2, 0) is 0 Å². The van der Waals surface area contributed by atoms with Crippen molar-refractivity contribution in [3.8, 4) is 0 Å². The van der Waals surface area contributed by atoms with Crippen molar-refractivity contribution in [1.82, 2.24) is 9.97 Å². The fraction of sp³-hybridized carbons (Fsp3) is 0.375. The molecule has 156 valence electrons. The van der Waals surface area contributed by atoms with Crippen molar-refractivity contribution in [2.75, 3.05) is 18.4 Å². The minimum atomic E-state index is 0.362. The van der Waals surface area contributed by atoms with Crippen LogP contribution in [0.25, 0.3) is 5.70 Å². The predicted octanol–water partition coefficient (Wildman–Crippen LogP) is 6.06. The van der Waals surface area contributed by atoms with Crippen molar-refractivity contribution in [1.29, 1.82) is 0 Å². The third kappa shape index (κ3) is 3.92. The van der Waals surface area contributed by atoms with Crippen molar-refractivity contribution in [2.24, 2.45) is 10.9 Å². The number of amidine groups is 1. The van der Waals surface area contributed by atoms with Gasteiger partial charge in [-0.15, -0.1) is 0 Å². The van der Waals surface area contributed by atoms with Crippen LogP contribution < -0.4 is 5.32 Å². The lowest BCUT2D eigenvalue weighted by molar-refractivity contribution is -0.614. The number of nitrogens with zero attached hydrogens (tertiary/aromatic N) is 4.